The number of imide groups is 1. The molecule has 4 amide bonds. The third-order valence-electron chi connectivity index (χ3n) is 4.41. The van der Waals surface area contributed by atoms with E-state index in [0.717, 1.165) is 25.9 Å². The molecule has 3 rings (SSSR count). The summed E-state index contributed by atoms with van der Waals surface area (Å²) in [5.41, 5.74) is 0. The zero-order chi connectivity index (χ0) is 17.8. The number of carbonyl (C=O) groups is 3. The number of nitrogens with zero attached hydrogens (tertiary/aromatic N) is 3. The third-order valence-corrected chi connectivity index (χ3v) is 5.21. The van der Waals surface area contributed by atoms with Crippen LogP contribution in [-0.2, 0) is 16.0 Å². The highest BCUT2D eigenvalue weighted by atomic mass is 32.2. The molecule has 0 aliphatic carbocycles. The number of urea groups is 1. The number of aromatic nitrogens is 2. The maximum Gasteiger partial charge on any atom is 0.321 e. The number of nitrogens with one attached hydrogen (secondary N) is 2. The molecule has 0 bridgehead atoms. The van der Waals surface area contributed by atoms with E-state index >= 15 is 0 Å². The van der Waals surface area contributed by atoms with Gasteiger partial charge in [-0.15, -0.1) is 10.2 Å². The zero-order valence-electron chi connectivity index (χ0n) is 14.0. The molecular formula is C15H21N5O4S. The zero-order valence-corrected chi connectivity index (χ0v) is 14.8. The standard InChI is InChI=1S/C15H21N5O4S/c1-9-10(13(22)17-14(23)16-9)7-11-18-19-15(24-11)25-8-12(21)20-5-3-2-4-6-20/h9-10H,2-8H2,1H3,(H2,16,17,22,23). The van der Waals surface area contributed by atoms with E-state index in [0.29, 0.717) is 11.1 Å². The van der Waals surface area contributed by atoms with Crippen LogP contribution in [0.3, 0.4) is 0 Å². The average Bonchev–Trinajstić information content (AvgIpc) is 3.04. The first-order valence-corrected chi connectivity index (χ1v) is 9.36. The molecule has 136 valence electrons. The predicted molar refractivity (Wildman–Crippen MR) is 88.8 cm³/mol. The number of hydrogen-bond acceptors (Lipinski definition) is 7. The average molecular weight is 367 g/mol. The van der Waals surface area contributed by atoms with Crippen LogP contribution in [0.1, 0.15) is 32.1 Å². The van der Waals surface area contributed by atoms with Crippen molar-refractivity contribution in [3.05, 3.63) is 5.89 Å². The van der Waals surface area contributed by atoms with E-state index in [1.807, 2.05) is 4.90 Å². The fraction of sp³-hybridized carbons (Fsp3) is 0.667. The molecule has 1 aromatic rings. The number of thioether (sulfide) groups is 1. The van der Waals surface area contributed by atoms with Crippen molar-refractivity contribution in [3.8, 4) is 0 Å². The van der Waals surface area contributed by atoms with Crippen molar-refractivity contribution >= 4 is 29.6 Å². The number of piperidine rings is 1. The van der Waals surface area contributed by atoms with Gasteiger partial charge in [-0.3, -0.25) is 14.9 Å². The fourth-order valence-corrected chi connectivity index (χ4v) is 3.65. The Morgan fingerprint density at radius 3 is 2.76 bits per heavy atom. The molecule has 9 nitrogen and oxygen atoms in total. The Morgan fingerprint density at radius 1 is 1.28 bits per heavy atom. The summed E-state index contributed by atoms with van der Waals surface area (Å²) in [6, 6.07) is -0.809. The van der Waals surface area contributed by atoms with E-state index in [9.17, 15) is 14.4 Å². The minimum Gasteiger partial charge on any atom is -0.416 e. The molecular weight excluding hydrogens is 346 g/mol. The Labute approximate surface area is 149 Å². The van der Waals surface area contributed by atoms with Crippen molar-refractivity contribution in [3.63, 3.8) is 0 Å². The molecule has 0 radical (unpaired) electrons. The van der Waals surface area contributed by atoms with Crippen molar-refractivity contribution in [2.24, 2.45) is 5.92 Å². The van der Waals surface area contributed by atoms with Crippen LogP contribution in [-0.4, -0.2) is 57.8 Å². The Morgan fingerprint density at radius 2 is 2.04 bits per heavy atom. The normalized spacial score (nSPS) is 24.0. The molecule has 2 N–H and O–H groups in total. The molecule has 2 saturated heterocycles. The Hall–Kier alpha value is -2.10. The van der Waals surface area contributed by atoms with E-state index in [-0.39, 0.29) is 30.0 Å². The van der Waals surface area contributed by atoms with Gasteiger partial charge in [-0.1, -0.05) is 11.8 Å². The summed E-state index contributed by atoms with van der Waals surface area (Å²) >= 11 is 1.21. The summed E-state index contributed by atoms with van der Waals surface area (Å²) in [5, 5.41) is 13.0. The summed E-state index contributed by atoms with van der Waals surface area (Å²) in [6.45, 7) is 3.38. The second kappa shape index (κ2) is 7.85. The van der Waals surface area contributed by atoms with Gasteiger partial charge in [0.2, 0.25) is 17.7 Å². The van der Waals surface area contributed by atoms with E-state index in [1.54, 1.807) is 6.92 Å². The van der Waals surface area contributed by atoms with Gasteiger partial charge in [0.05, 0.1) is 11.7 Å². The quantitative estimate of drug-likeness (QED) is 0.730. The van der Waals surface area contributed by atoms with Crippen LogP contribution in [0.25, 0.3) is 0 Å². The highest BCUT2D eigenvalue weighted by Gasteiger charge is 2.34. The van der Waals surface area contributed by atoms with Gasteiger partial charge in [-0.2, -0.15) is 0 Å². The molecule has 2 atom stereocenters. The predicted octanol–water partition coefficient (Wildman–Crippen LogP) is 0.561. The van der Waals surface area contributed by atoms with E-state index in [4.69, 9.17) is 4.42 Å². The molecule has 2 aliphatic heterocycles. The number of amides is 4. The third kappa shape index (κ3) is 4.50. The van der Waals surface area contributed by atoms with Crippen LogP contribution < -0.4 is 10.6 Å². The van der Waals surface area contributed by atoms with Crippen molar-refractivity contribution in [2.75, 3.05) is 18.8 Å². The minimum absolute atomic E-state index is 0.0763. The van der Waals surface area contributed by atoms with Crippen LogP contribution in [0.2, 0.25) is 0 Å². The molecule has 10 heteroatoms. The maximum absolute atomic E-state index is 12.1. The number of carbonyl (C=O) groups excluding carboxylic acids is 3. The molecule has 0 saturated carbocycles. The maximum atomic E-state index is 12.1. The van der Waals surface area contributed by atoms with Gasteiger partial charge in [-0.05, 0) is 26.2 Å². The van der Waals surface area contributed by atoms with Crippen LogP contribution in [0.4, 0.5) is 4.79 Å². The molecule has 25 heavy (non-hydrogen) atoms. The number of likely N-dealkylation sites (tertiary alicyclic amines) is 1. The Balaban J connectivity index is 1.51. The van der Waals surface area contributed by atoms with Crippen LogP contribution >= 0.6 is 11.8 Å². The van der Waals surface area contributed by atoms with E-state index < -0.39 is 11.9 Å². The fourth-order valence-electron chi connectivity index (χ4n) is 2.97. The van der Waals surface area contributed by atoms with Gasteiger partial charge >= 0.3 is 6.03 Å². The number of hydrogen-bond donors (Lipinski definition) is 2. The minimum atomic E-state index is -0.494. The smallest absolute Gasteiger partial charge is 0.321 e. The summed E-state index contributed by atoms with van der Waals surface area (Å²) in [4.78, 5) is 37.1. The lowest BCUT2D eigenvalue weighted by molar-refractivity contribution is -0.129. The first-order valence-electron chi connectivity index (χ1n) is 8.37. The van der Waals surface area contributed by atoms with Crippen molar-refractivity contribution in [2.45, 2.75) is 43.9 Å². The lowest BCUT2D eigenvalue weighted by atomic mass is 9.95. The second-order valence-electron chi connectivity index (χ2n) is 6.25. The van der Waals surface area contributed by atoms with Crippen molar-refractivity contribution in [1.82, 2.24) is 25.7 Å². The first-order chi connectivity index (χ1) is 12.0. The summed E-state index contributed by atoms with van der Waals surface area (Å²) in [7, 11) is 0. The Bertz CT molecular complexity index is 658. The molecule has 0 spiro atoms. The lowest BCUT2D eigenvalue weighted by Gasteiger charge is -2.27. The SMILES string of the molecule is CC1NC(=O)NC(=O)C1Cc1nnc(SCC(=O)N2CCCCC2)o1. The van der Waals surface area contributed by atoms with Gasteiger partial charge in [0.1, 0.15) is 0 Å². The van der Waals surface area contributed by atoms with Crippen LogP contribution in [0, 0.1) is 5.92 Å². The topological polar surface area (TPSA) is 117 Å². The van der Waals surface area contributed by atoms with Gasteiger partial charge in [0.25, 0.3) is 5.22 Å². The van der Waals surface area contributed by atoms with Gasteiger partial charge in [0.15, 0.2) is 0 Å². The van der Waals surface area contributed by atoms with Crippen LogP contribution in [0.5, 0.6) is 0 Å². The lowest BCUT2D eigenvalue weighted by Crippen LogP contribution is -2.57. The van der Waals surface area contributed by atoms with E-state index in [1.165, 1.54) is 18.2 Å². The molecule has 3 heterocycles. The first kappa shape index (κ1) is 17.7. The molecule has 2 fully saturated rings. The highest BCUT2D eigenvalue weighted by molar-refractivity contribution is 7.99. The van der Waals surface area contributed by atoms with Crippen molar-refractivity contribution < 1.29 is 18.8 Å². The summed E-state index contributed by atoms with van der Waals surface area (Å²) < 4.78 is 5.52. The second-order valence-corrected chi connectivity index (χ2v) is 7.18. The monoisotopic (exact) mass is 367 g/mol. The largest absolute Gasteiger partial charge is 0.416 e. The van der Waals surface area contributed by atoms with Gasteiger partial charge in [-0.25, -0.2) is 4.79 Å². The van der Waals surface area contributed by atoms with Gasteiger partial charge in [0, 0.05) is 25.6 Å². The molecule has 2 aliphatic rings. The summed E-state index contributed by atoms with van der Waals surface area (Å²) in [6.07, 6.45) is 3.52. The summed E-state index contributed by atoms with van der Waals surface area (Å²) in [5.74, 6) is -0.170. The molecule has 2 unspecified atom stereocenters. The molecule has 0 aromatic carbocycles. The molecule has 1 aromatic heterocycles. The van der Waals surface area contributed by atoms with Gasteiger partial charge < -0.3 is 14.6 Å². The van der Waals surface area contributed by atoms with Crippen molar-refractivity contribution in [1.29, 1.82) is 0 Å². The van der Waals surface area contributed by atoms with Crippen LogP contribution in [0.15, 0.2) is 9.64 Å². The van der Waals surface area contributed by atoms with E-state index in [2.05, 4.69) is 20.8 Å². The Kier molecular flexibility index (Phi) is 5.57. The highest BCUT2D eigenvalue weighted by Crippen LogP contribution is 2.21. The number of rotatable bonds is 5.